The van der Waals surface area contributed by atoms with Crippen LogP contribution in [-0.2, 0) is 0 Å². The number of rotatable bonds is 2. The average molecular weight is 218 g/mol. The lowest BCUT2D eigenvalue weighted by atomic mass is 10.0. The third kappa shape index (κ3) is 1.51. The van der Waals surface area contributed by atoms with Crippen molar-refractivity contribution in [3.05, 3.63) is 42.1 Å². The molecule has 0 saturated heterocycles. The first-order valence-electron chi connectivity index (χ1n) is 5.30. The van der Waals surface area contributed by atoms with Gasteiger partial charge in [-0.05, 0) is 29.9 Å². The minimum Gasteiger partial charge on any atom is -0.256 e. The Bertz CT molecular complexity index is 489. The van der Waals surface area contributed by atoms with Gasteiger partial charge in [0, 0.05) is 17.5 Å². The molecule has 0 N–H and O–H groups in total. The summed E-state index contributed by atoms with van der Waals surface area (Å²) in [6.07, 6.45) is 3.09. The predicted molar refractivity (Wildman–Crippen MR) is 63.3 cm³/mol. The topological polar surface area (TPSA) is 12.9 Å². The summed E-state index contributed by atoms with van der Waals surface area (Å²) in [6.45, 7) is 0. The number of benzene rings is 1. The maximum atomic E-state index is 5.87. The van der Waals surface area contributed by atoms with Gasteiger partial charge in [-0.2, -0.15) is 0 Å². The molecule has 0 bridgehead atoms. The van der Waals surface area contributed by atoms with E-state index in [9.17, 15) is 0 Å². The SMILES string of the molecule is ClCC1CC1c1cccc2cccnc12. The molecule has 2 aromatic rings. The summed E-state index contributed by atoms with van der Waals surface area (Å²) in [5, 5.41) is 1.23. The summed E-state index contributed by atoms with van der Waals surface area (Å²) >= 11 is 5.87. The van der Waals surface area contributed by atoms with E-state index >= 15 is 0 Å². The molecule has 2 unspecified atom stereocenters. The molecular formula is C13H12ClN. The molecule has 1 saturated carbocycles. The van der Waals surface area contributed by atoms with E-state index in [2.05, 4.69) is 29.2 Å². The fraction of sp³-hybridized carbons (Fsp3) is 0.308. The van der Waals surface area contributed by atoms with E-state index in [4.69, 9.17) is 11.6 Å². The Morgan fingerprint density at radius 1 is 1.27 bits per heavy atom. The largest absolute Gasteiger partial charge is 0.256 e. The second-order valence-corrected chi connectivity index (χ2v) is 4.49. The first-order valence-corrected chi connectivity index (χ1v) is 5.83. The van der Waals surface area contributed by atoms with Crippen LogP contribution in [0.25, 0.3) is 10.9 Å². The van der Waals surface area contributed by atoms with Gasteiger partial charge in [-0.25, -0.2) is 0 Å². The maximum absolute atomic E-state index is 5.87. The minimum absolute atomic E-state index is 0.640. The van der Waals surface area contributed by atoms with Crippen molar-refractivity contribution >= 4 is 22.5 Å². The fourth-order valence-corrected chi connectivity index (χ4v) is 2.57. The average Bonchev–Trinajstić information content (AvgIpc) is 3.07. The smallest absolute Gasteiger partial charge is 0.0736 e. The monoisotopic (exact) mass is 217 g/mol. The number of hydrogen-bond donors (Lipinski definition) is 0. The Hall–Kier alpha value is -1.08. The van der Waals surface area contributed by atoms with Gasteiger partial charge in [-0.1, -0.05) is 24.3 Å². The predicted octanol–water partition coefficient (Wildman–Crippen LogP) is 3.58. The van der Waals surface area contributed by atoms with Crippen molar-refractivity contribution in [3.8, 4) is 0 Å². The number of alkyl halides is 1. The molecule has 1 aromatic heterocycles. The zero-order valence-electron chi connectivity index (χ0n) is 8.36. The van der Waals surface area contributed by atoms with Crippen molar-refractivity contribution in [3.63, 3.8) is 0 Å². The van der Waals surface area contributed by atoms with E-state index in [1.807, 2.05) is 12.3 Å². The van der Waals surface area contributed by atoms with Gasteiger partial charge in [0.15, 0.2) is 0 Å². The number of para-hydroxylation sites is 1. The maximum Gasteiger partial charge on any atom is 0.0736 e. The van der Waals surface area contributed by atoms with Gasteiger partial charge in [-0.15, -0.1) is 11.6 Å². The highest BCUT2D eigenvalue weighted by Crippen LogP contribution is 2.49. The standard InChI is InChI=1S/C13H12ClN/c14-8-10-7-12(10)11-5-1-3-9-4-2-6-15-13(9)11/h1-6,10,12H,7-8H2. The molecule has 1 heterocycles. The Morgan fingerprint density at radius 2 is 2.13 bits per heavy atom. The summed E-state index contributed by atoms with van der Waals surface area (Å²) < 4.78 is 0. The van der Waals surface area contributed by atoms with Crippen LogP contribution in [0.1, 0.15) is 17.9 Å². The van der Waals surface area contributed by atoms with Crippen LogP contribution in [0, 0.1) is 5.92 Å². The van der Waals surface area contributed by atoms with Crippen LogP contribution in [0.3, 0.4) is 0 Å². The Kier molecular flexibility index (Phi) is 2.14. The fourth-order valence-electron chi connectivity index (χ4n) is 2.23. The Balaban J connectivity index is 2.11. The molecule has 2 heteroatoms. The summed E-state index contributed by atoms with van der Waals surface area (Å²) in [4.78, 5) is 4.47. The summed E-state index contributed by atoms with van der Waals surface area (Å²) in [7, 11) is 0. The molecule has 0 radical (unpaired) electrons. The van der Waals surface area contributed by atoms with E-state index in [1.54, 1.807) is 0 Å². The van der Waals surface area contributed by atoms with Gasteiger partial charge < -0.3 is 0 Å². The molecule has 1 aliphatic rings. The van der Waals surface area contributed by atoms with E-state index in [0.717, 1.165) is 11.4 Å². The Morgan fingerprint density at radius 3 is 2.93 bits per heavy atom. The van der Waals surface area contributed by atoms with Gasteiger partial charge in [0.25, 0.3) is 0 Å². The van der Waals surface area contributed by atoms with Crippen molar-refractivity contribution in [2.45, 2.75) is 12.3 Å². The van der Waals surface area contributed by atoms with Crippen LogP contribution < -0.4 is 0 Å². The van der Waals surface area contributed by atoms with E-state index < -0.39 is 0 Å². The highest BCUT2D eigenvalue weighted by molar-refractivity contribution is 6.18. The van der Waals surface area contributed by atoms with Crippen LogP contribution >= 0.6 is 11.6 Å². The Labute approximate surface area is 94.1 Å². The van der Waals surface area contributed by atoms with Gasteiger partial charge >= 0.3 is 0 Å². The molecule has 3 rings (SSSR count). The quantitative estimate of drug-likeness (QED) is 0.701. The molecule has 2 atom stereocenters. The number of nitrogens with zero attached hydrogens (tertiary/aromatic N) is 1. The van der Waals surface area contributed by atoms with Crippen LogP contribution in [0.15, 0.2) is 36.5 Å². The third-order valence-electron chi connectivity index (χ3n) is 3.18. The van der Waals surface area contributed by atoms with Gasteiger partial charge in [0.05, 0.1) is 5.52 Å². The molecule has 1 fully saturated rings. The first kappa shape index (κ1) is 9.17. The summed E-state index contributed by atoms with van der Waals surface area (Å²) in [6, 6.07) is 10.5. The summed E-state index contributed by atoms with van der Waals surface area (Å²) in [5.41, 5.74) is 2.52. The summed E-state index contributed by atoms with van der Waals surface area (Å²) in [5.74, 6) is 2.08. The molecule has 76 valence electrons. The van der Waals surface area contributed by atoms with E-state index in [0.29, 0.717) is 11.8 Å². The minimum atomic E-state index is 0.640. The highest BCUT2D eigenvalue weighted by atomic mass is 35.5. The van der Waals surface area contributed by atoms with Gasteiger partial charge in [0.1, 0.15) is 0 Å². The second-order valence-electron chi connectivity index (χ2n) is 4.18. The zero-order chi connectivity index (χ0) is 10.3. The van der Waals surface area contributed by atoms with Crippen molar-refractivity contribution in [1.82, 2.24) is 4.98 Å². The normalized spacial score (nSPS) is 24.3. The second kappa shape index (κ2) is 3.49. The van der Waals surface area contributed by atoms with E-state index in [-0.39, 0.29) is 0 Å². The number of halogens is 1. The third-order valence-corrected chi connectivity index (χ3v) is 3.58. The molecule has 15 heavy (non-hydrogen) atoms. The van der Waals surface area contributed by atoms with Gasteiger partial charge in [-0.3, -0.25) is 4.98 Å². The van der Waals surface area contributed by atoms with Crippen molar-refractivity contribution < 1.29 is 0 Å². The van der Waals surface area contributed by atoms with Crippen molar-refractivity contribution in [1.29, 1.82) is 0 Å². The molecule has 0 spiro atoms. The number of hydrogen-bond acceptors (Lipinski definition) is 1. The number of aromatic nitrogens is 1. The molecule has 0 aliphatic heterocycles. The molecule has 1 nitrogen and oxygen atoms in total. The van der Waals surface area contributed by atoms with Crippen LogP contribution in [0.4, 0.5) is 0 Å². The van der Waals surface area contributed by atoms with Crippen LogP contribution in [-0.4, -0.2) is 10.9 Å². The van der Waals surface area contributed by atoms with E-state index in [1.165, 1.54) is 17.4 Å². The van der Waals surface area contributed by atoms with Crippen molar-refractivity contribution in [2.75, 3.05) is 5.88 Å². The molecule has 1 aromatic carbocycles. The van der Waals surface area contributed by atoms with Crippen LogP contribution in [0.2, 0.25) is 0 Å². The highest BCUT2D eigenvalue weighted by Gasteiger charge is 2.38. The zero-order valence-corrected chi connectivity index (χ0v) is 9.11. The lowest BCUT2D eigenvalue weighted by Crippen LogP contribution is -1.89. The van der Waals surface area contributed by atoms with Gasteiger partial charge in [0.2, 0.25) is 0 Å². The number of fused-ring (bicyclic) bond motifs is 1. The molecular weight excluding hydrogens is 206 g/mol. The molecule has 0 amide bonds. The number of pyridine rings is 1. The molecule has 1 aliphatic carbocycles. The lowest BCUT2D eigenvalue weighted by molar-refractivity contribution is 0.926. The lowest BCUT2D eigenvalue weighted by Gasteiger charge is -2.03. The van der Waals surface area contributed by atoms with Crippen LogP contribution in [0.5, 0.6) is 0 Å². The first-order chi connectivity index (χ1) is 7.40. The van der Waals surface area contributed by atoms with Crippen molar-refractivity contribution in [2.24, 2.45) is 5.92 Å².